The van der Waals surface area contributed by atoms with E-state index in [0.29, 0.717) is 37.5 Å². The van der Waals surface area contributed by atoms with Gasteiger partial charge in [0.15, 0.2) is 5.76 Å². The van der Waals surface area contributed by atoms with E-state index >= 15 is 0 Å². The third-order valence-corrected chi connectivity index (χ3v) is 5.60. The lowest BCUT2D eigenvalue weighted by Crippen LogP contribution is -2.39. The molecule has 0 spiro atoms. The summed E-state index contributed by atoms with van der Waals surface area (Å²) < 4.78 is 16.6. The molecule has 1 fully saturated rings. The summed E-state index contributed by atoms with van der Waals surface area (Å²) in [7, 11) is 1.35. The van der Waals surface area contributed by atoms with Crippen LogP contribution in [0.15, 0.2) is 36.1 Å². The van der Waals surface area contributed by atoms with Crippen molar-refractivity contribution in [2.45, 2.75) is 44.8 Å². The molecule has 30 heavy (non-hydrogen) atoms. The Bertz CT molecular complexity index is 755. The highest BCUT2D eigenvalue weighted by Crippen LogP contribution is 2.39. The topological polar surface area (TPSA) is 94.1 Å². The van der Waals surface area contributed by atoms with Crippen molar-refractivity contribution < 1.29 is 28.9 Å². The van der Waals surface area contributed by atoms with Gasteiger partial charge in [-0.25, -0.2) is 4.79 Å². The molecule has 0 radical (unpaired) electrons. The number of methoxy groups -OCH3 is 1. The molecular weight excluding hydrogens is 386 g/mol. The number of allylic oxidation sites excluding steroid dienone is 1. The summed E-state index contributed by atoms with van der Waals surface area (Å²) >= 11 is 0. The molecule has 1 aliphatic carbocycles. The van der Waals surface area contributed by atoms with Crippen LogP contribution in [0.4, 0.5) is 0 Å². The molecular formula is C23H31NO6. The minimum atomic E-state index is -0.585. The molecule has 1 heterocycles. The molecule has 2 N–H and O–H groups in total. The van der Waals surface area contributed by atoms with Gasteiger partial charge in [-0.05, 0) is 62.3 Å². The number of esters is 1. The number of nitrogens with one attached hydrogen (secondary N) is 1. The second kappa shape index (κ2) is 10.6. The van der Waals surface area contributed by atoms with Crippen LogP contribution < -0.4 is 5.32 Å². The van der Waals surface area contributed by atoms with Crippen LogP contribution in [0.5, 0.6) is 0 Å². The second-order valence-electron chi connectivity index (χ2n) is 7.79. The number of rotatable bonds is 10. The van der Waals surface area contributed by atoms with E-state index in [1.165, 1.54) is 7.11 Å². The minimum Gasteiger partial charge on any atom is -0.465 e. The SMILES string of the molecule is CCO[C@@H]1OC(C(=O)NCC2CC2)=C[C@H](c2ccc(C(=O)OC)cc2)[C@H]1CCCO. The largest absolute Gasteiger partial charge is 0.465 e. The number of aliphatic hydroxyl groups excluding tert-OH is 1. The van der Waals surface area contributed by atoms with Gasteiger partial charge in [0.05, 0.1) is 12.7 Å². The lowest BCUT2D eigenvalue weighted by molar-refractivity contribution is -0.166. The maximum atomic E-state index is 12.7. The van der Waals surface area contributed by atoms with E-state index in [-0.39, 0.29) is 30.1 Å². The van der Waals surface area contributed by atoms with E-state index in [1.54, 1.807) is 12.1 Å². The van der Waals surface area contributed by atoms with Crippen LogP contribution in [0, 0.1) is 11.8 Å². The van der Waals surface area contributed by atoms with Crippen LogP contribution in [0.2, 0.25) is 0 Å². The van der Waals surface area contributed by atoms with Crippen molar-refractivity contribution in [2.24, 2.45) is 11.8 Å². The van der Waals surface area contributed by atoms with Gasteiger partial charge in [-0.3, -0.25) is 4.79 Å². The van der Waals surface area contributed by atoms with Gasteiger partial charge in [-0.15, -0.1) is 0 Å². The number of ether oxygens (including phenoxy) is 3. The van der Waals surface area contributed by atoms with Crippen molar-refractivity contribution in [1.82, 2.24) is 5.32 Å². The van der Waals surface area contributed by atoms with Gasteiger partial charge in [0.25, 0.3) is 5.91 Å². The molecule has 1 amide bonds. The van der Waals surface area contributed by atoms with Crippen molar-refractivity contribution in [3.63, 3.8) is 0 Å². The molecule has 1 aromatic rings. The number of carbonyl (C=O) groups is 2. The lowest BCUT2D eigenvalue weighted by Gasteiger charge is -2.37. The molecule has 0 aromatic heterocycles. The zero-order chi connectivity index (χ0) is 21.5. The number of benzene rings is 1. The highest BCUT2D eigenvalue weighted by atomic mass is 16.7. The van der Waals surface area contributed by atoms with Crippen LogP contribution in [0.1, 0.15) is 54.4 Å². The van der Waals surface area contributed by atoms with E-state index in [1.807, 2.05) is 25.1 Å². The van der Waals surface area contributed by atoms with Crippen molar-refractivity contribution in [3.8, 4) is 0 Å². The predicted octanol–water partition coefficient (Wildman–Crippen LogP) is 2.75. The summed E-state index contributed by atoms with van der Waals surface area (Å²) in [6.07, 6.45) is 4.84. The normalized spacial score (nSPS) is 23.3. The van der Waals surface area contributed by atoms with E-state index in [0.717, 1.165) is 18.4 Å². The summed E-state index contributed by atoms with van der Waals surface area (Å²) in [5, 5.41) is 12.3. The fourth-order valence-electron chi connectivity index (χ4n) is 3.75. The lowest BCUT2D eigenvalue weighted by atomic mass is 9.80. The number of hydrogen-bond acceptors (Lipinski definition) is 6. The van der Waals surface area contributed by atoms with Gasteiger partial charge in [-0.2, -0.15) is 0 Å². The summed E-state index contributed by atoms with van der Waals surface area (Å²) in [5.41, 5.74) is 1.42. The average molecular weight is 418 g/mol. The molecule has 2 aliphatic rings. The standard InChI is InChI=1S/C23H31NO6/c1-3-29-23-18(5-4-12-25)19(16-8-10-17(11-9-16)22(27)28-2)13-20(30-23)21(26)24-14-15-6-7-15/h8-11,13,15,18-19,23,25H,3-7,12,14H2,1-2H3,(H,24,26)/t18-,19-,23-/m1/s1. The third kappa shape index (κ3) is 5.61. The molecule has 1 saturated carbocycles. The molecule has 0 bridgehead atoms. The van der Waals surface area contributed by atoms with Gasteiger partial charge in [0, 0.05) is 31.6 Å². The zero-order valence-corrected chi connectivity index (χ0v) is 17.6. The third-order valence-electron chi connectivity index (χ3n) is 5.60. The van der Waals surface area contributed by atoms with E-state index in [4.69, 9.17) is 14.2 Å². The molecule has 0 saturated heterocycles. The van der Waals surface area contributed by atoms with Gasteiger partial charge in [0.2, 0.25) is 6.29 Å². The Morgan fingerprint density at radius 2 is 1.97 bits per heavy atom. The molecule has 3 atom stereocenters. The Morgan fingerprint density at radius 3 is 2.57 bits per heavy atom. The Morgan fingerprint density at radius 1 is 1.23 bits per heavy atom. The highest BCUT2D eigenvalue weighted by molar-refractivity contribution is 5.92. The quantitative estimate of drug-likeness (QED) is 0.569. The van der Waals surface area contributed by atoms with E-state index < -0.39 is 12.3 Å². The van der Waals surface area contributed by atoms with Crippen LogP contribution in [-0.4, -0.2) is 50.1 Å². The summed E-state index contributed by atoms with van der Waals surface area (Å²) in [6, 6.07) is 7.17. The van der Waals surface area contributed by atoms with Crippen LogP contribution >= 0.6 is 0 Å². The van der Waals surface area contributed by atoms with E-state index in [9.17, 15) is 14.7 Å². The van der Waals surface area contributed by atoms with Crippen LogP contribution in [0.3, 0.4) is 0 Å². The Balaban J connectivity index is 1.88. The summed E-state index contributed by atoms with van der Waals surface area (Å²) in [6.45, 7) is 3.07. The second-order valence-corrected chi connectivity index (χ2v) is 7.79. The zero-order valence-electron chi connectivity index (χ0n) is 17.6. The molecule has 3 rings (SSSR count). The fraction of sp³-hybridized carbons (Fsp3) is 0.565. The maximum Gasteiger partial charge on any atom is 0.337 e. The Hall–Kier alpha value is -2.38. The van der Waals surface area contributed by atoms with Crippen LogP contribution in [-0.2, 0) is 19.0 Å². The fourth-order valence-corrected chi connectivity index (χ4v) is 3.75. The monoisotopic (exact) mass is 417 g/mol. The first-order chi connectivity index (χ1) is 14.6. The van der Waals surface area contributed by atoms with Gasteiger partial charge >= 0.3 is 5.97 Å². The van der Waals surface area contributed by atoms with Crippen molar-refractivity contribution in [3.05, 3.63) is 47.2 Å². The first kappa shape index (κ1) is 22.3. The van der Waals surface area contributed by atoms with Crippen molar-refractivity contribution >= 4 is 11.9 Å². The Labute approximate surface area is 177 Å². The van der Waals surface area contributed by atoms with Gasteiger partial charge < -0.3 is 24.6 Å². The Kier molecular flexibility index (Phi) is 7.87. The van der Waals surface area contributed by atoms with Crippen molar-refractivity contribution in [2.75, 3.05) is 26.9 Å². The van der Waals surface area contributed by atoms with Gasteiger partial charge in [0.1, 0.15) is 0 Å². The summed E-state index contributed by atoms with van der Waals surface area (Å²) in [5.74, 6) is -0.0101. The maximum absolute atomic E-state index is 12.7. The predicted molar refractivity (Wildman–Crippen MR) is 111 cm³/mol. The highest BCUT2D eigenvalue weighted by Gasteiger charge is 2.38. The molecule has 164 valence electrons. The number of carbonyl (C=O) groups excluding carboxylic acids is 2. The number of aliphatic hydroxyl groups is 1. The van der Waals surface area contributed by atoms with E-state index in [2.05, 4.69) is 5.32 Å². The minimum absolute atomic E-state index is 0.0685. The molecule has 0 unspecified atom stereocenters. The van der Waals surface area contributed by atoms with Crippen molar-refractivity contribution in [1.29, 1.82) is 0 Å². The number of amides is 1. The van der Waals surface area contributed by atoms with Crippen LogP contribution in [0.25, 0.3) is 0 Å². The summed E-state index contributed by atoms with van der Waals surface area (Å²) in [4.78, 5) is 24.5. The smallest absolute Gasteiger partial charge is 0.337 e. The molecule has 1 aromatic carbocycles. The molecule has 7 nitrogen and oxygen atoms in total. The average Bonchev–Trinajstić information content (AvgIpc) is 3.60. The molecule has 7 heteroatoms. The van der Waals surface area contributed by atoms with Gasteiger partial charge in [-0.1, -0.05) is 12.1 Å². The molecule has 1 aliphatic heterocycles. The number of hydrogen-bond donors (Lipinski definition) is 2. The first-order valence-electron chi connectivity index (χ1n) is 10.6. The first-order valence-corrected chi connectivity index (χ1v) is 10.6.